The molecule has 0 aliphatic carbocycles. The van der Waals surface area contributed by atoms with E-state index in [-0.39, 0.29) is 10.8 Å². The molecule has 0 bridgehead atoms. The van der Waals surface area contributed by atoms with Gasteiger partial charge in [0, 0.05) is 57.9 Å². The van der Waals surface area contributed by atoms with Crippen LogP contribution in [0.4, 0.5) is 0 Å². The average Bonchev–Trinajstić information content (AvgIpc) is 2.68. The number of hydrogen-bond acceptors (Lipinski definition) is 5. The highest BCUT2D eigenvalue weighted by Crippen LogP contribution is 2.17. The molecule has 0 atom stereocenters. The first-order valence-corrected chi connectivity index (χ1v) is 11.2. The van der Waals surface area contributed by atoms with Crippen LogP contribution in [0.1, 0.15) is 37.0 Å². The highest BCUT2D eigenvalue weighted by atomic mass is 32.2. The minimum Gasteiger partial charge on any atom is -0.351 e. The average molecular weight is 397 g/mol. The highest BCUT2D eigenvalue weighted by molar-refractivity contribution is 7.89. The fourth-order valence-electron chi connectivity index (χ4n) is 3.14. The van der Waals surface area contributed by atoms with Gasteiger partial charge in [-0.15, -0.1) is 0 Å². The lowest BCUT2D eigenvalue weighted by atomic mass is 10.2. The number of carbonyl (C=O) groups is 1. The van der Waals surface area contributed by atoms with Crippen molar-refractivity contribution in [2.24, 2.45) is 0 Å². The summed E-state index contributed by atoms with van der Waals surface area (Å²) in [7, 11) is -3.51. The van der Waals surface area contributed by atoms with Crippen LogP contribution < -0.4 is 10.6 Å². The van der Waals surface area contributed by atoms with Gasteiger partial charge in [0.2, 0.25) is 10.0 Å². The Morgan fingerprint density at radius 1 is 1.11 bits per heavy atom. The molecule has 8 heteroatoms. The lowest BCUT2D eigenvalue weighted by molar-refractivity contribution is 0.0947. The highest BCUT2D eigenvalue weighted by Gasteiger charge is 2.23. The number of benzene rings is 1. The fourth-order valence-corrected chi connectivity index (χ4v) is 4.77. The summed E-state index contributed by atoms with van der Waals surface area (Å²) >= 11 is 0. The second kappa shape index (κ2) is 10.8. The molecular weight excluding hydrogens is 364 g/mol. The number of sulfonamides is 1. The number of amides is 1. The number of carbonyl (C=O) groups excluding carboxylic acids is 1. The van der Waals surface area contributed by atoms with Gasteiger partial charge >= 0.3 is 0 Å². The number of piperazine rings is 1. The van der Waals surface area contributed by atoms with E-state index in [2.05, 4.69) is 15.5 Å². The summed E-state index contributed by atoms with van der Waals surface area (Å²) in [6.07, 6.45) is 1.54. The predicted molar refractivity (Wildman–Crippen MR) is 107 cm³/mol. The van der Waals surface area contributed by atoms with E-state index in [1.165, 1.54) is 16.4 Å². The van der Waals surface area contributed by atoms with Crippen molar-refractivity contribution < 1.29 is 13.2 Å². The van der Waals surface area contributed by atoms with E-state index in [9.17, 15) is 13.2 Å². The normalized spacial score (nSPS) is 15.8. The van der Waals surface area contributed by atoms with Gasteiger partial charge in [0.1, 0.15) is 0 Å². The Hall–Kier alpha value is -1.48. The molecule has 0 spiro atoms. The van der Waals surface area contributed by atoms with Crippen molar-refractivity contribution in [3.63, 3.8) is 0 Å². The molecule has 1 aliphatic rings. The molecule has 0 aromatic heterocycles. The van der Waals surface area contributed by atoms with Crippen LogP contribution in [0.2, 0.25) is 0 Å². The molecule has 27 heavy (non-hydrogen) atoms. The number of nitrogens with one attached hydrogen (secondary N) is 2. The first kappa shape index (κ1) is 21.8. The zero-order valence-corrected chi connectivity index (χ0v) is 17.2. The van der Waals surface area contributed by atoms with Gasteiger partial charge in [0.15, 0.2) is 0 Å². The van der Waals surface area contributed by atoms with Crippen LogP contribution in [0, 0.1) is 0 Å². The number of rotatable bonds is 10. The maximum atomic E-state index is 12.8. The maximum Gasteiger partial charge on any atom is 0.251 e. The Bertz CT molecular complexity index is 679. The Labute approximate surface area is 163 Å². The quantitative estimate of drug-likeness (QED) is 0.620. The van der Waals surface area contributed by atoms with Crippen LogP contribution in [-0.4, -0.2) is 75.9 Å². The van der Waals surface area contributed by atoms with Gasteiger partial charge in [-0.2, -0.15) is 4.31 Å². The molecule has 1 saturated heterocycles. The van der Waals surface area contributed by atoms with Gasteiger partial charge in [-0.25, -0.2) is 8.42 Å². The molecule has 1 heterocycles. The standard InChI is InChI=1S/C19H32N4O3S/c1-3-12-23(13-4-2)27(25,26)18-7-5-17(6-8-18)19(24)21-11-16-22-14-9-20-10-15-22/h5-8,20H,3-4,9-16H2,1-2H3,(H,21,24). The van der Waals surface area contributed by atoms with Crippen molar-refractivity contribution in [1.82, 2.24) is 19.8 Å². The van der Waals surface area contributed by atoms with E-state index >= 15 is 0 Å². The van der Waals surface area contributed by atoms with Gasteiger partial charge in [-0.1, -0.05) is 13.8 Å². The van der Waals surface area contributed by atoms with Crippen LogP contribution in [0.15, 0.2) is 29.2 Å². The van der Waals surface area contributed by atoms with Crippen LogP contribution in [-0.2, 0) is 10.0 Å². The molecule has 1 aromatic carbocycles. The topological polar surface area (TPSA) is 81.8 Å². The van der Waals surface area contributed by atoms with Crippen molar-refractivity contribution in [3.05, 3.63) is 29.8 Å². The van der Waals surface area contributed by atoms with Gasteiger partial charge in [-0.05, 0) is 37.1 Å². The summed E-state index contributed by atoms with van der Waals surface area (Å²) in [5, 5.41) is 6.21. The van der Waals surface area contributed by atoms with Crippen LogP contribution in [0.25, 0.3) is 0 Å². The minimum absolute atomic E-state index is 0.173. The smallest absolute Gasteiger partial charge is 0.251 e. The van der Waals surface area contributed by atoms with Crippen molar-refractivity contribution in [2.45, 2.75) is 31.6 Å². The lowest BCUT2D eigenvalue weighted by Crippen LogP contribution is -2.46. The van der Waals surface area contributed by atoms with Crippen molar-refractivity contribution in [3.8, 4) is 0 Å². The molecule has 152 valence electrons. The summed E-state index contributed by atoms with van der Waals surface area (Å²) < 4.78 is 27.0. The van der Waals surface area contributed by atoms with E-state index in [0.717, 1.165) is 45.6 Å². The van der Waals surface area contributed by atoms with Crippen LogP contribution >= 0.6 is 0 Å². The molecule has 2 rings (SSSR count). The third-order valence-corrected chi connectivity index (χ3v) is 6.54. The molecular formula is C19H32N4O3S. The summed E-state index contributed by atoms with van der Waals surface area (Å²) in [5.74, 6) is -0.173. The fraction of sp³-hybridized carbons (Fsp3) is 0.632. The molecule has 1 aromatic rings. The Balaban J connectivity index is 1.93. The van der Waals surface area contributed by atoms with E-state index in [4.69, 9.17) is 0 Å². The van der Waals surface area contributed by atoms with Gasteiger partial charge in [0.05, 0.1) is 4.90 Å². The van der Waals surface area contributed by atoms with Crippen LogP contribution in [0.5, 0.6) is 0 Å². The summed E-state index contributed by atoms with van der Waals surface area (Å²) in [5.41, 5.74) is 0.479. The maximum absolute atomic E-state index is 12.8. The monoisotopic (exact) mass is 396 g/mol. The van der Waals surface area contributed by atoms with Gasteiger partial charge < -0.3 is 10.6 Å². The third-order valence-electron chi connectivity index (χ3n) is 4.62. The summed E-state index contributed by atoms with van der Waals surface area (Å²) in [4.78, 5) is 14.8. The van der Waals surface area contributed by atoms with E-state index in [1.54, 1.807) is 12.1 Å². The zero-order valence-electron chi connectivity index (χ0n) is 16.4. The molecule has 2 N–H and O–H groups in total. The van der Waals surface area contributed by atoms with Gasteiger partial charge in [-0.3, -0.25) is 9.69 Å². The second-order valence-electron chi connectivity index (χ2n) is 6.78. The van der Waals surface area contributed by atoms with Crippen molar-refractivity contribution in [1.29, 1.82) is 0 Å². The van der Waals surface area contributed by atoms with E-state index in [0.29, 0.717) is 25.2 Å². The van der Waals surface area contributed by atoms with Crippen LogP contribution in [0.3, 0.4) is 0 Å². The van der Waals surface area contributed by atoms with E-state index in [1.807, 2.05) is 13.8 Å². The number of nitrogens with zero attached hydrogens (tertiary/aromatic N) is 2. The molecule has 1 aliphatic heterocycles. The summed E-state index contributed by atoms with van der Waals surface area (Å²) in [6, 6.07) is 6.23. The lowest BCUT2D eigenvalue weighted by Gasteiger charge is -2.27. The Morgan fingerprint density at radius 2 is 1.70 bits per heavy atom. The minimum atomic E-state index is -3.51. The molecule has 1 fully saturated rings. The first-order valence-electron chi connectivity index (χ1n) is 9.80. The Morgan fingerprint density at radius 3 is 2.26 bits per heavy atom. The first-order chi connectivity index (χ1) is 13.0. The largest absolute Gasteiger partial charge is 0.351 e. The molecule has 0 radical (unpaired) electrons. The van der Waals surface area contributed by atoms with Gasteiger partial charge in [0.25, 0.3) is 5.91 Å². The molecule has 0 saturated carbocycles. The SMILES string of the molecule is CCCN(CCC)S(=O)(=O)c1ccc(C(=O)NCCN2CCNCC2)cc1. The molecule has 0 unspecified atom stereocenters. The predicted octanol–water partition coefficient (Wildman–Crippen LogP) is 1.13. The van der Waals surface area contributed by atoms with Crippen molar-refractivity contribution >= 4 is 15.9 Å². The summed E-state index contributed by atoms with van der Waals surface area (Å²) in [6.45, 7) is 10.3. The molecule has 7 nitrogen and oxygen atoms in total. The number of hydrogen-bond donors (Lipinski definition) is 2. The third kappa shape index (κ3) is 6.27. The van der Waals surface area contributed by atoms with Crippen molar-refractivity contribution in [2.75, 3.05) is 52.4 Å². The van der Waals surface area contributed by atoms with E-state index < -0.39 is 10.0 Å². The zero-order chi connectivity index (χ0) is 19.7. The Kier molecular flexibility index (Phi) is 8.69. The second-order valence-corrected chi connectivity index (χ2v) is 8.71. The molecule has 1 amide bonds.